The van der Waals surface area contributed by atoms with Gasteiger partial charge in [0.1, 0.15) is 11.9 Å². The highest BCUT2D eigenvalue weighted by molar-refractivity contribution is 7.92. The number of nitriles is 1. The molecule has 14 nitrogen and oxygen atoms in total. The zero-order valence-electron chi connectivity index (χ0n) is 20.2. The number of ether oxygens (including phenoxy) is 1. The van der Waals surface area contributed by atoms with Crippen LogP contribution < -0.4 is 9.21 Å². The second-order valence-corrected chi connectivity index (χ2v) is 12.8. The highest BCUT2D eigenvalue weighted by Crippen LogP contribution is 2.43. The predicted octanol–water partition coefficient (Wildman–Crippen LogP) is -0.310. The lowest BCUT2D eigenvalue weighted by atomic mass is 10.1. The van der Waals surface area contributed by atoms with Crippen LogP contribution in [0.1, 0.15) is 18.2 Å². The van der Waals surface area contributed by atoms with Gasteiger partial charge in [-0.1, -0.05) is 0 Å². The molecule has 2 aliphatic heterocycles. The van der Waals surface area contributed by atoms with Gasteiger partial charge >= 0.3 is 10.2 Å². The molecule has 0 saturated carbocycles. The standard InChI is InChI=1S/C20H25N9O5S2/c1-13-12-34-10-9-26(13)19-14-5-7-27(35(4,30)31)18(14)17-15(11-21)23-29(20(17)22-19)16-6-8-28(24-16)36(32,33)25(2)3/h6,8,13H,5,7,9-10,12H2,1-4H3/t13-/m1/s1. The van der Waals surface area contributed by atoms with Crippen molar-refractivity contribution in [3.63, 3.8) is 0 Å². The van der Waals surface area contributed by atoms with E-state index in [-0.39, 0.29) is 35.1 Å². The molecule has 1 saturated heterocycles. The highest BCUT2D eigenvalue weighted by Gasteiger charge is 2.37. The van der Waals surface area contributed by atoms with Crippen LogP contribution in [0.4, 0.5) is 11.5 Å². The van der Waals surface area contributed by atoms with E-state index in [4.69, 9.17) is 9.72 Å². The number of nitrogens with zero attached hydrogens (tertiary/aromatic N) is 9. The predicted molar refractivity (Wildman–Crippen MR) is 131 cm³/mol. The lowest BCUT2D eigenvalue weighted by Crippen LogP contribution is -2.44. The molecule has 0 aromatic carbocycles. The van der Waals surface area contributed by atoms with E-state index in [1.165, 1.54) is 35.3 Å². The Balaban J connectivity index is 1.81. The van der Waals surface area contributed by atoms with E-state index in [1.807, 2.05) is 13.0 Å². The van der Waals surface area contributed by atoms with E-state index in [1.54, 1.807) is 0 Å². The van der Waals surface area contributed by atoms with Crippen molar-refractivity contribution >= 4 is 42.8 Å². The van der Waals surface area contributed by atoms with Crippen molar-refractivity contribution in [3.8, 4) is 11.9 Å². The first-order valence-corrected chi connectivity index (χ1v) is 14.4. The fourth-order valence-corrected chi connectivity index (χ4v) is 6.23. The third kappa shape index (κ3) is 3.70. The summed E-state index contributed by atoms with van der Waals surface area (Å²) in [4.78, 5) is 6.94. The van der Waals surface area contributed by atoms with E-state index in [2.05, 4.69) is 15.1 Å². The van der Waals surface area contributed by atoms with Crippen LogP contribution in [0.25, 0.3) is 16.9 Å². The van der Waals surface area contributed by atoms with Crippen LogP contribution in [-0.2, 0) is 31.4 Å². The lowest BCUT2D eigenvalue weighted by Gasteiger charge is -2.35. The van der Waals surface area contributed by atoms with Crippen LogP contribution in [-0.4, -0.2) is 97.8 Å². The van der Waals surface area contributed by atoms with Crippen LogP contribution >= 0.6 is 0 Å². The summed E-state index contributed by atoms with van der Waals surface area (Å²) in [5.41, 5.74) is 1.27. The van der Waals surface area contributed by atoms with E-state index in [0.29, 0.717) is 37.7 Å². The van der Waals surface area contributed by atoms with Gasteiger partial charge in [-0.3, -0.25) is 4.31 Å². The average molecular weight is 536 g/mol. The van der Waals surface area contributed by atoms with Gasteiger partial charge in [0.05, 0.1) is 36.6 Å². The number of rotatable bonds is 5. The first kappa shape index (κ1) is 24.4. The maximum Gasteiger partial charge on any atom is 0.322 e. The highest BCUT2D eigenvalue weighted by atomic mass is 32.2. The van der Waals surface area contributed by atoms with Crippen molar-refractivity contribution < 1.29 is 21.6 Å². The van der Waals surface area contributed by atoms with Crippen molar-refractivity contribution in [2.75, 3.05) is 55.9 Å². The molecule has 0 aliphatic carbocycles. The number of pyridine rings is 1. The topological polar surface area (TPSA) is 160 Å². The second kappa shape index (κ2) is 8.40. The zero-order valence-corrected chi connectivity index (χ0v) is 21.8. The molecule has 3 aromatic rings. The summed E-state index contributed by atoms with van der Waals surface area (Å²) in [7, 11) is -4.78. The molecule has 1 atom stereocenters. The number of fused-ring (bicyclic) bond motifs is 3. The average Bonchev–Trinajstić information content (AvgIpc) is 3.54. The maximum absolute atomic E-state index is 12.7. The van der Waals surface area contributed by atoms with Gasteiger partial charge in [-0.2, -0.15) is 31.9 Å². The zero-order chi connectivity index (χ0) is 26.0. The van der Waals surface area contributed by atoms with Gasteiger partial charge < -0.3 is 9.64 Å². The van der Waals surface area contributed by atoms with Gasteiger partial charge in [0.15, 0.2) is 17.2 Å². The summed E-state index contributed by atoms with van der Waals surface area (Å²) in [6, 6.07) is 3.46. The molecule has 0 radical (unpaired) electrons. The monoisotopic (exact) mass is 535 g/mol. The number of hydrogen-bond acceptors (Lipinski definition) is 10. The molecule has 1 fully saturated rings. The Kier molecular flexibility index (Phi) is 5.70. The molecule has 0 N–H and O–H groups in total. The molecule has 0 amide bonds. The van der Waals surface area contributed by atoms with Crippen LogP contribution in [0.5, 0.6) is 0 Å². The Morgan fingerprint density at radius 1 is 1.19 bits per heavy atom. The summed E-state index contributed by atoms with van der Waals surface area (Å²) in [6.07, 6.45) is 2.82. The maximum atomic E-state index is 12.7. The van der Waals surface area contributed by atoms with E-state index < -0.39 is 20.2 Å². The molecule has 16 heteroatoms. The van der Waals surface area contributed by atoms with Crippen molar-refractivity contribution in [3.05, 3.63) is 23.5 Å². The Morgan fingerprint density at radius 2 is 1.94 bits per heavy atom. The minimum Gasteiger partial charge on any atom is -0.377 e. The Hall–Kier alpha value is -3.26. The lowest BCUT2D eigenvalue weighted by molar-refractivity contribution is 0.0985. The molecule has 0 bridgehead atoms. The summed E-state index contributed by atoms with van der Waals surface area (Å²) in [5.74, 6) is 0.703. The van der Waals surface area contributed by atoms with Gasteiger partial charge in [0, 0.05) is 45.0 Å². The SMILES string of the molecule is C[C@@H]1COCCN1c1nc2c(c(C#N)nn2-c2ccn(S(=O)(=O)N(C)C)n2)c2c1CCN2S(C)(=O)=O. The van der Waals surface area contributed by atoms with E-state index >= 15 is 0 Å². The quantitative estimate of drug-likeness (QED) is 0.424. The van der Waals surface area contributed by atoms with Gasteiger partial charge in [0.25, 0.3) is 0 Å². The van der Waals surface area contributed by atoms with Crippen LogP contribution in [0, 0.1) is 11.3 Å². The van der Waals surface area contributed by atoms with Gasteiger partial charge in [-0.05, 0) is 13.3 Å². The molecular formula is C20H25N9O5S2. The van der Waals surface area contributed by atoms with Gasteiger partial charge in [0.2, 0.25) is 10.0 Å². The van der Waals surface area contributed by atoms with Crippen LogP contribution in [0.2, 0.25) is 0 Å². The molecule has 5 heterocycles. The normalized spacial score (nSPS) is 18.7. The smallest absolute Gasteiger partial charge is 0.322 e. The van der Waals surface area contributed by atoms with Crippen molar-refractivity contribution in [1.82, 2.24) is 28.3 Å². The summed E-state index contributed by atoms with van der Waals surface area (Å²) < 4.78 is 60.5. The minimum atomic E-state index is -3.88. The van der Waals surface area contributed by atoms with E-state index in [0.717, 1.165) is 20.2 Å². The molecule has 2 aliphatic rings. The molecule has 0 spiro atoms. The number of hydrogen-bond donors (Lipinski definition) is 0. The Labute approximate surface area is 208 Å². The van der Waals surface area contributed by atoms with Gasteiger partial charge in [-0.25, -0.2) is 13.4 Å². The summed E-state index contributed by atoms with van der Waals surface area (Å²) in [6.45, 7) is 3.74. The van der Waals surface area contributed by atoms with Crippen molar-refractivity contribution in [2.45, 2.75) is 19.4 Å². The van der Waals surface area contributed by atoms with Gasteiger partial charge in [-0.15, -0.1) is 5.10 Å². The summed E-state index contributed by atoms with van der Waals surface area (Å²) >= 11 is 0. The molecular weight excluding hydrogens is 510 g/mol. The molecule has 36 heavy (non-hydrogen) atoms. The number of anilines is 2. The molecule has 5 rings (SSSR count). The second-order valence-electron chi connectivity index (χ2n) is 8.87. The first-order valence-electron chi connectivity index (χ1n) is 11.1. The third-order valence-electron chi connectivity index (χ3n) is 6.29. The van der Waals surface area contributed by atoms with Crippen LogP contribution in [0.15, 0.2) is 12.3 Å². The Bertz CT molecular complexity index is 1620. The minimum absolute atomic E-state index is 0.0173. The van der Waals surface area contributed by atoms with Crippen molar-refractivity contribution in [1.29, 1.82) is 5.26 Å². The van der Waals surface area contributed by atoms with Crippen LogP contribution in [0.3, 0.4) is 0 Å². The number of sulfonamides is 1. The largest absolute Gasteiger partial charge is 0.377 e. The number of aromatic nitrogens is 5. The molecule has 192 valence electrons. The number of morpholine rings is 1. The fraction of sp³-hybridized carbons (Fsp3) is 0.500. The Morgan fingerprint density at radius 3 is 2.58 bits per heavy atom. The first-order chi connectivity index (χ1) is 16.9. The fourth-order valence-electron chi connectivity index (χ4n) is 4.54. The summed E-state index contributed by atoms with van der Waals surface area (Å²) in [5, 5.41) is 18.7. The molecule has 0 unspecified atom stereocenters. The van der Waals surface area contributed by atoms with Crippen molar-refractivity contribution in [2.24, 2.45) is 0 Å². The third-order valence-corrected chi connectivity index (χ3v) is 9.06. The van der Waals surface area contributed by atoms with E-state index in [9.17, 15) is 22.1 Å². The molecule has 3 aromatic heterocycles.